The van der Waals surface area contributed by atoms with Gasteiger partial charge in [0.1, 0.15) is 5.69 Å². The number of hydrogen-bond acceptors (Lipinski definition) is 3. The van der Waals surface area contributed by atoms with Gasteiger partial charge in [-0.25, -0.2) is 4.79 Å². The predicted molar refractivity (Wildman–Crippen MR) is 75.1 cm³/mol. The van der Waals surface area contributed by atoms with Gasteiger partial charge in [0.05, 0.1) is 6.10 Å². The van der Waals surface area contributed by atoms with E-state index in [-0.39, 0.29) is 0 Å². The number of aromatic nitrogens is 1. The lowest BCUT2D eigenvalue weighted by Gasteiger charge is -2.37. The quantitative estimate of drug-likeness (QED) is 0.919. The summed E-state index contributed by atoms with van der Waals surface area (Å²) in [6.07, 6.45) is 5.37. The van der Waals surface area contributed by atoms with Gasteiger partial charge >= 0.3 is 5.97 Å². The van der Waals surface area contributed by atoms with Crippen molar-refractivity contribution in [3.05, 3.63) is 24.0 Å². The molecule has 2 saturated heterocycles. The third-order valence-corrected chi connectivity index (χ3v) is 4.70. The number of rotatable bonds is 3. The Kier molecular flexibility index (Phi) is 3.81. The number of ether oxygens (including phenoxy) is 1. The molecular weight excluding hydrogens is 256 g/mol. The van der Waals surface area contributed by atoms with Gasteiger partial charge in [0.25, 0.3) is 0 Å². The lowest BCUT2D eigenvalue weighted by molar-refractivity contribution is 0.0566. The van der Waals surface area contributed by atoms with Gasteiger partial charge in [0.2, 0.25) is 0 Å². The largest absolute Gasteiger partial charge is 0.477 e. The Bertz CT molecular complexity index is 477. The molecular formula is C15H22N2O3. The minimum absolute atomic E-state index is 0.310. The Balaban J connectivity index is 1.63. The van der Waals surface area contributed by atoms with Crippen LogP contribution in [-0.2, 0) is 4.74 Å². The molecule has 0 amide bonds. The van der Waals surface area contributed by atoms with Crippen molar-refractivity contribution in [3.8, 4) is 0 Å². The number of hydrogen-bond donors (Lipinski definition) is 1. The zero-order valence-corrected chi connectivity index (χ0v) is 11.9. The van der Waals surface area contributed by atoms with Crippen LogP contribution in [0.1, 0.15) is 42.7 Å². The zero-order valence-electron chi connectivity index (χ0n) is 11.9. The molecule has 0 aromatic carbocycles. The minimum atomic E-state index is -0.838. The zero-order chi connectivity index (χ0) is 14.1. The molecule has 1 N–H and O–H groups in total. The van der Waals surface area contributed by atoms with E-state index in [4.69, 9.17) is 4.74 Å². The molecule has 110 valence electrons. The number of carboxylic acid groups (broad SMARTS) is 1. The standard InChI is InChI=1S/C15H22N2O3/c1-11-13(6-10-20-11)16-8-4-12(5-9-16)17-7-2-3-14(17)15(18)19/h2-3,7,11-13H,4-6,8-10H2,1H3,(H,18,19). The SMILES string of the molecule is CC1OCCC1N1CCC(n2cccc2C(=O)O)CC1. The number of aromatic carboxylic acids is 1. The molecule has 0 saturated carbocycles. The summed E-state index contributed by atoms with van der Waals surface area (Å²) in [4.78, 5) is 13.7. The van der Waals surface area contributed by atoms with Gasteiger partial charge in [-0.15, -0.1) is 0 Å². The Morgan fingerprint density at radius 3 is 2.70 bits per heavy atom. The Labute approximate surface area is 119 Å². The van der Waals surface area contributed by atoms with Crippen LogP contribution in [0.5, 0.6) is 0 Å². The first-order chi connectivity index (χ1) is 9.66. The van der Waals surface area contributed by atoms with Crippen molar-refractivity contribution in [2.75, 3.05) is 19.7 Å². The molecule has 3 heterocycles. The molecule has 0 bridgehead atoms. The van der Waals surface area contributed by atoms with Gasteiger partial charge in [0, 0.05) is 38.0 Å². The monoisotopic (exact) mass is 278 g/mol. The van der Waals surface area contributed by atoms with E-state index in [0.717, 1.165) is 39.0 Å². The number of carbonyl (C=O) groups is 1. The van der Waals surface area contributed by atoms with Crippen LogP contribution in [0.25, 0.3) is 0 Å². The number of carboxylic acids is 1. The average Bonchev–Trinajstić information content (AvgIpc) is 3.07. The molecule has 5 heteroatoms. The van der Waals surface area contributed by atoms with Gasteiger partial charge in [-0.1, -0.05) is 0 Å². The highest BCUT2D eigenvalue weighted by atomic mass is 16.5. The van der Waals surface area contributed by atoms with E-state index >= 15 is 0 Å². The molecule has 3 rings (SSSR count). The lowest BCUT2D eigenvalue weighted by Crippen LogP contribution is -2.45. The number of likely N-dealkylation sites (tertiary alicyclic amines) is 1. The smallest absolute Gasteiger partial charge is 0.352 e. The molecule has 1 aromatic rings. The molecule has 2 aliphatic heterocycles. The van der Waals surface area contributed by atoms with Crippen molar-refractivity contribution < 1.29 is 14.6 Å². The maximum absolute atomic E-state index is 11.2. The van der Waals surface area contributed by atoms with E-state index in [2.05, 4.69) is 11.8 Å². The molecule has 2 atom stereocenters. The highest BCUT2D eigenvalue weighted by Gasteiger charge is 2.33. The molecule has 0 aliphatic carbocycles. The fourth-order valence-corrected chi connectivity index (χ4v) is 3.59. The van der Waals surface area contributed by atoms with Crippen molar-refractivity contribution in [2.45, 2.75) is 44.4 Å². The topological polar surface area (TPSA) is 54.7 Å². The van der Waals surface area contributed by atoms with Crippen LogP contribution in [0.2, 0.25) is 0 Å². The summed E-state index contributed by atoms with van der Waals surface area (Å²) in [6.45, 7) is 5.07. The van der Waals surface area contributed by atoms with Crippen LogP contribution >= 0.6 is 0 Å². The molecule has 0 spiro atoms. The molecule has 2 aliphatic rings. The summed E-state index contributed by atoms with van der Waals surface area (Å²) >= 11 is 0. The van der Waals surface area contributed by atoms with Crippen LogP contribution in [0.4, 0.5) is 0 Å². The first-order valence-electron chi connectivity index (χ1n) is 7.42. The second-order valence-corrected chi connectivity index (χ2v) is 5.80. The maximum Gasteiger partial charge on any atom is 0.352 e. The summed E-state index contributed by atoms with van der Waals surface area (Å²) in [5.41, 5.74) is 0.404. The molecule has 1 aromatic heterocycles. The van der Waals surface area contributed by atoms with Gasteiger partial charge in [-0.2, -0.15) is 0 Å². The van der Waals surface area contributed by atoms with Gasteiger partial charge in [-0.3, -0.25) is 4.90 Å². The van der Waals surface area contributed by atoms with Crippen LogP contribution in [-0.4, -0.2) is 52.4 Å². The molecule has 20 heavy (non-hydrogen) atoms. The summed E-state index contributed by atoms with van der Waals surface area (Å²) < 4.78 is 7.57. The van der Waals surface area contributed by atoms with Crippen LogP contribution in [0.3, 0.4) is 0 Å². The van der Waals surface area contributed by atoms with Crippen LogP contribution < -0.4 is 0 Å². The first-order valence-corrected chi connectivity index (χ1v) is 7.42. The van der Waals surface area contributed by atoms with Crippen LogP contribution in [0, 0.1) is 0 Å². The molecule has 2 unspecified atom stereocenters. The summed E-state index contributed by atoms with van der Waals surface area (Å²) in [5, 5.41) is 9.20. The fraction of sp³-hybridized carbons (Fsp3) is 0.667. The van der Waals surface area contributed by atoms with Gasteiger partial charge in [0.15, 0.2) is 0 Å². The molecule has 2 fully saturated rings. The average molecular weight is 278 g/mol. The molecule has 0 radical (unpaired) electrons. The Morgan fingerprint density at radius 2 is 2.10 bits per heavy atom. The van der Waals surface area contributed by atoms with Crippen molar-refractivity contribution in [1.82, 2.24) is 9.47 Å². The van der Waals surface area contributed by atoms with Crippen molar-refractivity contribution >= 4 is 5.97 Å². The summed E-state index contributed by atoms with van der Waals surface area (Å²) in [6, 6.07) is 4.36. The summed E-state index contributed by atoms with van der Waals surface area (Å²) in [5.74, 6) is -0.838. The Hall–Kier alpha value is -1.33. The van der Waals surface area contributed by atoms with E-state index in [1.54, 1.807) is 6.07 Å². The van der Waals surface area contributed by atoms with Gasteiger partial charge in [-0.05, 0) is 38.3 Å². The second kappa shape index (κ2) is 5.58. The predicted octanol–water partition coefficient (Wildman–Crippen LogP) is 2.00. The van der Waals surface area contributed by atoms with E-state index in [9.17, 15) is 9.90 Å². The second-order valence-electron chi connectivity index (χ2n) is 5.80. The normalized spacial score (nSPS) is 28.9. The van der Waals surface area contributed by atoms with Crippen molar-refractivity contribution in [1.29, 1.82) is 0 Å². The van der Waals surface area contributed by atoms with Crippen molar-refractivity contribution in [2.24, 2.45) is 0 Å². The highest BCUT2D eigenvalue weighted by molar-refractivity contribution is 5.85. The summed E-state index contributed by atoms with van der Waals surface area (Å²) in [7, 11) is 0. The minimum Gasteiger partial charge on any atom is -0.477 e. The van der Waals surface area contributed by atoms with E-state index in [0.29, 0.717) is 23.9 Å². The number of piperidine rings is 1. The maximum atomic E-state index is 11.2. The third-order valence-electron chi connectivity index (χ3n) is 4.70. The van der Waals surface area contributed by atoms with E-state index < -0.39 is 5.97 Å². The first kappa shape index (κ1) is 13.6. The molecule has 5 nitrogen and oxygen atoms in total. The third kappa shape index (κ3) is 2.47. The van der Waals surface area contributed by atoms with E-state index in [1.165, 1.54) is 0 Å². The van der Waals surface area contributed by atoms with Crippen LogP contribution in [0.15, 0.2) is 18.3 Å². The van der Waals surface area contributed by atoms with Crippen molar-refractivity contribution in [3.63, 3.8) is 0 Å². The fourth-order valence-electron chi connectivity index (χ4n) is 3.59. The lowest BCUT2D eigenvalue weighted by atomic mass is 10.0. The highest BCUT2D eigenvalue weighted by Crippen LogP contribution is 2.29. The number of nitrogens with zero attached hydrogens (tertiary/aromatic N) is 2. The van der Waals surface area contributed by atoms with Gasteiger partial charge < -0.3 is 14.4 Å². The Morgan fingerprint density at radius 1 is 1.35 bits per heavy atom. The van der Waals surface area contributed by atoms with E-state index in [1.807, 2.05) is 16.8 Å².